The largest absolute Gasteiger partial charge is 0.373 e. The lowest BCUT2D eigenvalue weighted by atomic mass is 10.1. The molecule has 2 heterocycles. The molecule has 6 heteroatoms. The summed E-state index contributed by atoms with van der Waals surface area (Å²) in [4.78, 5) is 13.9. The third-order valence-corrected chi connectivity index (χ3v) is 4.73. The van der Waals surface area contributed by atoms with Gasteiger partial charge in [0.2, 0.25) is 0 Å². The molecule has 0 unspecified atom stereocenters. The summed E-state index contributed by atoms with van der Waals surface area (Å²) in [5, 5.41) is 3.22. The van der Waals surface area contributed by atoms with Gasteiger partial charge in [-0.1, -0.05) is 6.42 Å². The Morgan fingerprint density at radius 3 is 2.67 bits per heavy atom. The summed E-state index contributed by atoms with van der Waals surface area (Å²) in [7, 11) is 1.92. The minimum absolute atomic E-state index is 0.680. The van der Waals surface area contributed by atoms with Gasteiger partial charge in [0.15, 0.2) is 5.82 Å². The van der Waals surface area contributed by atoms with Gasteiger partial charge in [0.25, 0.3) is 0 Å². The van der Waals surface area contributed by atoms with Crippen LogP contribution in [0.4, 0.5) is 5.82 Å². The molecule has 0 bridgehead atoms. The number of anilines is 1. The Morgan fingerprint density at radius 1 is 1.10 bits per heavy atom. The number of nitrogens with one attached hydrogen (secondary N) is 1. The highest BCUT2D eigenvalue weighted by Gasteiger charge is 2.18. The fourth-order valence-corrected chi connectivity index (χ4v) is 3.83. The topological polar surface area (TPSA) is 50.7 Å². The van der Waals surface area contributed by atoms with Crippen LogP contribution in [0, 0.1) is 0 Å². The van der Waals surface area contributed by atoms with Gasteiger partial charge in [0.1, 0.15) is 11.5 Å². The van der Waals surface area contributed by atoms with Crippen molar-refractivity contribution in [2.24, 2.45) is 0 Å². The van der Waals surface area contributed by atoms with Crippen molar-refractivity contribution in [3.05, 3.63) is 32.5 Å². The molecule has 21 heavy (non-hydrogen) atoms. The summed E-state index contributed by atoms with van der Waals surface area (Å²) in [5.41, 5.74) is 3.21. The molecule has 0 aliphatic heterocycles. The van der Waals surface area contributed by atoms with Crippen LogP contribution in [0.1, 0.15) is 30.5 Å². The average molecular weight is 412 g/mol. The minimum Gasteiger partial charge on any atom is -0.373 e. The first kappa shape index (κ1) is 14.9. The normalized spacial score (nSPS) is 14.4. The van der Waals surface area contributed by atoms with E-state index < -0.39 is 0 Å². The Morgan fingerprint density at radius 2 is 1.90 bits per heavy atom. The number of pyridine rings is 1. The second-order valence-corrected chi connectivity index (χ2v) is 6.89. The molecule has 0 saturated carbocycles. The maximum atomic E-state index is 4.78. The molecule has 0 atom stereocenters. The number of halogens is 2. The highest BCUT2D eigenvalue weighted by Crippen LogP contribution is 2.30. The lowest BCUT2D eigenvalue weighted by Gasteiger charge is -2.13. The molecular weight excluding hydrogens is 396 g/mol. The van der Waals surface area contributed by atoms with E-state index in [0.29, 0.717) is 5.82 Å². The van der Waals surface area contributed by atoms with Crippen LogP contribution in [0.25, 0.3) is 11.5 Å². The molecule has 0 fully saturated rings. The van der Waals surface area contributed by atoms with Crippen molar-refractivity contribution >= 4 is 37.7 Å². The van der Waals surface area contributed by atoms with Gasteiger partial charge >= 0.3 is 0 Å². The molecule has 1 aliphatic rings. The van der Waals surface area contributed by atoms with Crippen molar-refractivity contribution in [2.45, 2.75) is 32.1 Å². The molecule has 1 aliphatic carbocycles. The molecule has 2 aromatic rings. The van der Waals surface area contributed by atoms with E-state index >= 15 is 0 Å². The third kappa shape index (κ3) is 3.11. The Bertz CT molecular complexity index is 673. The van der Waals surface area contributed by atoms with Crippen LogP contribution >= 0.6 is 31.9 Å². The molecule has 0 radical (unpaired) electrons. The number of hydrogen-bond donors (Lipinski definition) is 1. The Kier molecular flexibility index (Phi) is 4.54. The van der Waals surface area contributed by atoms with Crippen molar-refractivity contribution in [2.75, 3.05) is 12.4 Å². The van der Waals surface area contributed by atoms with Gasteiger partial charge < -0.3 is 5.32 Å². The number of aryl methyl sites for hydroxylation is 1. The van der Waals surface area contributed by atoms with Gasteiger partial charge in [-0.25, -0.2) is 9.97 Å². The van der Waals surface area contributed by atoms with Crippen molar-refractivity contribution in [1.29, 1.82) is 0 Å². The second kappa shape index (κ2) is 6.40. The summed E-state index contributed by atoms with van der Waals surface area (Å²) >= 11 is 6.97. The Labute approximate surface area is 141 Å². The van der Waals surface area contributed by atoms with E-state index in [-0.39, 0.29) is 0 Å². The van der Waals surface area contributed by atoms with Crippen molar-refractivity contribution < 1.29 is 0 Å². The molecule has 110 valence electrons. The highest BCUT2D eigenvalue weighted by atomic mass is 79.9. The fourth-order valence-electron chi connectivity index (χ4n) is 2.66. The van der Waals surface area contributed by atoms with Gasteiger partial charge in [0, 0.05) is 33.4 Å². The van der Waals surface area contributed by atoms with E-state index in [0.717, 1.165) is 33.3 Å². The summed E-state index contributed by atoms with van der Waals surface area (Å²) < 4.78 is 1.83. The van der Waals surface area contributed by atoms with Gasteiger partial charge in [-0.05, 0) is 63.6 Å². The van der Waals surface area contributed by atoms with Crippen LogP contribution in [-0.2, 0) is 12.8 Å². The fraction of sp³-hybridized carbons (Fsp3) is 0.400. The lowest BCUT2D eigenvalue weighted by molar-refractivity contribution is 0.709. The van der Waals surface area contributed by atoms with Crippen LogP contribution in [0.2, 0.25) is 0 Å². The van der Waals surface area contributed by atoms with Crippen LogP contribution in [-0.4, -0.2) is 22.0 Å². The number of aromatic nitrogens is 3. The van der Waals surface area contributed by atoms with Gasteiger partial charge in [-0.2, -0.15) is 0 Å². The summed E-state index contributed by atoms with van der Waals surface area (Å²) in [6.07, 6.45) is 7.52. The molecule has 0 saturated heterocycles. The van der Waals surface area contributed by atoms with Crippen molar-refractivity contribution in [1.82, 2.24) is 15.0 Å². The molecule has 0 amide bonds. The zero-order chi connectivity index (χ0) is 14.8. The minimum atomic E-state index is 0.680. The zero-order valence-electron chi connectivity index (χ0n) is 11.8. The molecule has 0 aromatic carbocycles. The second-order valence-electron chi connectivity index (χ2n) is 5.12. The molecular formula is C15H16Br2N4. The summed E-state index contributed by atoms with van der Waals surface area (Å²) in [6, 6.07) is 1.97. The van der Waals surface area contributed by atoms with Crippen molar-refractivity contribution in [3.63, 3.8) is 0 Å². The van der Waals surface area contributed by atoms with Crippen LogP contribution in [0.3, 0.4) is 0 Å². The monoisotopic (exact) mass is 410 g/mol. The molecule has 4 nitrogen and oxygen atoms in total. The van der Waals surface area contributed by atoms with Crippen LogP contribution < -0.4 is 5.32 Å². The number of hydrogen-bond acceptors (Lipinski definition) is 4. The van der Waals surface area contributed by atoms with Gasteiger partial charge in [0.05, 0.1) is 0 Å². The number of fused-ring (bicyclic) bond motifs is 1. The predicted octanol–water partition coefficient (Wildman–Crippen LogP) is 4.37. The molecule has 0 spiro atoms. The number of nitrogens with zero attached hydrogens (tertiary/aromatic N) is 3. The maximum Gasteiger partial charge on any atom is 0.181 e. The SMILES string of the molecule is CNc1nc(-c2ncc(Br)cc2Br)nc2c1CCCCC2. The lowest BCUT2D eigenvalue weighted by Crippen LogP contribution is -2.07. The van der Waals surface area contributed by atoms with E-state index in [1.165, 1.54) is 30.5 Å². The smallest absolute Gasteiger partial charge is 0.181 e. The first-order valence-corrected chi connectivity index (χ1v) is 8.66. The predicted molar refractivity (Wildman–Crippen MR) is 91.5 cm³/mol. The molecule has 1 N–H and O–H groups in total. The third-order valence-electron chi connectivity index (χ3n) is 3.69. The van der Waals surface area contributed by atoms with Gasteiger partial charge in [-0.15, -0.1) is 0 Å². The Balaban J connectivity index is 2.13. The number of rotatable bonds is 2. The maximum absolute atomic E-state index is 4.78. The average Bonchev–Trinajstić information content (AvgIpc) is 2.71. The van der Waals surface area contributed by atoms with Gasteiger partial charge in [-0.3, -0.25) is 4.98 Å². The molecule has 2 aromatic heterocycles. The van der Waals surface area contributed by atoms with Crippen LogP contribution in [0.5, 0.6) is 0 Å². The Hall–Kier alpha value is -1.01. The van der Waals surface area contributed by atoms with E-state index in [2.05, 4.69) is 47.1 Å². The summed E-state index contributed by atoms with van der Waals surface area (Å²) in [5.74, 6) is 1.62. The van der Waals surface area contributed by atoms with E-state index in [9.17, 15) is 0 Å². The first-order valence-electron chi connectivity index (χ1n) is 7.08. The zero-order valence-corrected chi connectivity index (χ0v) is 15.0. The molecule has 3 rings (SSSR count). The van der Waals surface area contributed by atoms with Crippen LogP contribution in [0.15, 0.2) is 21.2 Å². The highest BCUT2D eigenvalue weighted by molar-refractivity contribution is 9.11. The quantitative estimate of drug-likeness (QED) is 0.745. The standard InChI is InChI=1S/C15H16Br2N4/c1-18-14-10-5-3-2-4-6-12(10)20-15(21-14)13-11(17)7-9(16)8-19-13/h7-8H,2-6H2,1H3,(H,18,20,21). The summed E-state index contributed by atoms with van der Waals surface area (Å²) in [6.45, 7) is 0. The van der Waals surface area contributed by atoms with E-state index in [4.69, 9.17) is 4.98 Å². The van der Waals surface area contributed by atoms with Crippen molar-refractivity contribution in [3.8, 4) is 11.5 Å². The van der Waals surface area contributed by atoms with E-state index in [1.807, 2.05) is 13.1 Å². The van der Waals surface area contributed by atoms with E-state index in [1.54, 1.807) is 6.20 Å². The first-order chi connectivity index (χ1) is 10.2.